The highest BCUT2D eigenvalue weighted by atomic mass is 35.5. The molecule has 0 fully saturated rings. The molecule has 3 rings (SSSR count). The maximum absolute atomic E-state index is 5.99. The topological polar surface area (TPSA) is 49.7 Å². The second kappa shape index (κ2) is 6.28. The maximum Gasteiger partial charge on any atom is 0.121 e. The Hall–Kier alpha value is -1.85. The van der Waals surface area contributed by atoms with Crippen molar-refractivity contribution < 1.29 is 0 Å². The van der Waals surface area contributed by atoms with Crippen LogP contribution < -0.4 is 0 Å². The molecule has 1 N–H and O–H groups in total. The van der Waals surface area contributed by atoms with E-state index in [0.717, 1.165) is 47.9 Å². The van der Waals surface area contributed by atoms with Gasteiger partial charge in [0.25, 0.3) is 0 Å². The van der Waals surface area contributed by atoms with Crippen LogP contribution >= 0.6 is 11.6 Å². The molecule has 0 radical (unpaired) electrons. The van der Waals surface area contributed by atoms with Gasteiger partial charge < -0.3 is 9.55 Å². The van der Waals surface area contributed by atoms with Gasteiger partial charge in [-0.2, -0.15) is 0 Å². The number of hydrogen-bond acceptors (Lipinski definition) is 3. The van der Waals surface area contributed by atoms with E-state index in [2.05, 4.69) is 31.5 Å². The summed E-state index contributed by atoms with van der Waals surface area (Å²) >= 11 is 5.99. The third-order valence-electron chi connectivity index (χ3n) is 3.43. The Morgan fingerprint density at radius 2 is 2.29 bits per heavy atom. The summed E-state index contributed by atoms with van der Waals surface area (Å²) in [6.07, 6.45) is 6.73. The van der Waals surface area contributed by atoms with Crippen LogP contribution in [0, 0.1) is 0 Å². The van der Waals surface area contributed by atoms with Crippen LogP contribution in [0.25, 0.3) is 11.0 Å². The Morgan fingerprint density at radius 1 is 1.38 bits per heavy atom. The number of aryl methyl sites for hydroxylation is 1. The van der Waals surface area contributed by atoms with E-state index in [9.17, 15) is 0 Å². The summed E-state index contributed by atoms with van der Waals surface area (Å²) in [5, 5.41) is 0.728. The van der Waals surface area contributed by atoms with E-state index in [4.69, 9.17) is 11.6 Å². The van der Waals surface area contributed by atoms with Crippen LogP contribution in [0.1, 0.15) is 12.2 Å². The fraction of sp³-hybridized carbons (Fsp3) is 0.333. The van der Waals surface area contributed by atoms with Crippen molar-refractivity contribution in [1.29, 1.82) is 0 Å². The lowest BCUT2D eigenvalue weighted by Crippen LogP contribution is -2.20. The number of nitrogens with zero attached hydrogens (tertiary/aromatic N) is 4. The molecule has 0 saturated carbocycles. The SMILES string of the molecule is CN(CCCn1ccnc1)Cc1nc2ccc(Cl)cc2[nH]1. The lowest BCUT2D eigenvalue weighted by atomic mass is 10.3. The number of halogens is 1. The minimum absolute atomic E-state index is 0.728. The Balaban J connectivity index is 1.54. The predicted molar refractivity (Wildman–Crippen MR) is 84.3 cm³/mol. The number of H-pyrrole nitrogens is 1. The summed E-state index contributed by atoms with van der Waals surface area (Å²) in [7, 11) is 2.11. The summed E-state index contributed by atoms with van der Waals surface area (Å²) in [6, 6.07) is 5.71. The van der Waals surface area contributed by atoms with Gasteiger partial charge in [-0.1, -0.05) is 11.6 Å². The molecule has 3 aromatic rings. The molecule has 0 atom stereocenters. The molecule has 0 amide bonds. The van der Waals surface area contributed by atoms with E-state index >= 15 is 0 Å². The van der Waals surface area contributed by atoms with Crippen LogP contribution in [0.2, 0.25) is 5.02 Å². The monoisotopic (exact) mass is 303 g/mol. The highest BCUT2D eigenvalue weighted by Crippen LogP contribution is 2.17. The molecule has 1 aromatic carbocycles. The number of imidazole rings is 2. The summed E-state index contributed by atoms with van der Waals surface area (Å²) in [5.41, 5.74) is 1.95. The van der Waals surface area contributed by atoms with E-state index in [1.54, 1.807) is 0 Å². The summed E-state index contributed by atoms with van der Waals surface area (Å²) in [4.78, 5) is 14.2. The first-order valence-corrected chi connectivity index (χ1v) is 7.37. The molecule has 0 aliphatic rings. The Bertz CT molecular complexity index is 704. The van der Waals surface area contributed by atoms with Crippen LogP contribution in [-0.4, -0.2) is 38.0 Å². The van der Waals surface area contributed by atoms with E-state index < -0.39 is 0 Å². The van der Waals surface area contributed by atoms with Gasteiger partial charge in [0.15, 0.2) is 0 Å². The van der Waals surface area contributed by atoms with Crippen LogP contribution in [-0.2, 0) is 13.1 Å². The third kappa shape index (κ3) is 3.62. The summed E-state index contributed by atoms with van der Waals surface area (Å²) in [6.45, 7) is 2.80. The fourth-order valence-electron chi connectivity index (χ4n) is 2.39. The molecule has 110 valence electrons. The van der Waals surface area contributed by atoms with Gasteiger partial charge in [-0.05, 0) is 31.7 Å². The molecular weight excluding hydrogens is 286 g/mol. The number of rotatable bonds is 6. The molecule has 0 saturated heterocycles. The second-order valence-corrected chi connectivity index (χ2v) is 5.67. The van der Waals surface area contributed by atoms with Gasteiger partial charge in [-0.15, -0.1) is 0 Å². The molecule has 0 unspecified atom stereocenters. The number of nitrogens with one attached hydrogen (secondary N) is 1. The molecule has 0 bridgehead atoms. The lowest BCUT2D eigenvalue weighted by Gasteiger charge is -2.14. The van der Waals surface area contributed by atoms with Crippen molar-refractivity contribution in [1.82, 2.24) is 24.4 Å². The van der Waals surface area contributed by atoms with Gasteiger partial charge in [0.05, 0.1) is 23.9 Å². The van der Waals surface area contributed by atoms with Crippen molar-refractivity contribution in [3.05, 3.63) is 47.8 Å². The first kappa shape index (κ1) is 14.1. The number of fused-ring (bicyclic) bond motifs is 1. The third-order valence-corrected chi connectivity index (χ3v) is 3.66. The van der Waals surface area contributed by atoms with Gasteiger partial charge in [-0.3, -0.25) is 4.90 Å². The molecule has 0 aliphatic heterocycles. The highest BCUT2D eigenvalue weighted by molar-refractivity contribution is 6.31. The molecule has 2 heterocycles. The minimum Gasteiger partial charge on any atom is -0.341 e. The van der Waals surface area contributed by atoms with Crippen LogP contribution in [0.15, 0.2) is 36.9 Å². The zero-order valence-corrected chi connectivity index (χ0v) is 12.7. The van der Waals surface area contributed by atoms with Gasteiger partial charge >= 0.3 is 0 Å². The van der Waals surface area contributed by atoms with Gasteiger partial charge in [0.1, 0.15) is 5.82 Å². The fourth-order valence-corrected chi connectivity index (χ4v) is 2.56. The smallest absolute Gasteiger partial charge is 0.121 e. The van der Waals surface area contributed by atoms with Crippen molar-refractivity contribution >= 4 is 22.6 Å². The minimum atomic E-state index is 0.728. The van der Waals surface area contributed by atoms with Crippen molar-refractivity contribution in [3.63, 3.8) is 0 Å². The first-order chi connectivity index (χ1) is 10.2. The van der Waals surface area contributed by atoms with Gasteiger partial charge in [-0.25, -0.2) is 9.97 Å². The maximum atomic E-state index is 5.99. The number of aromatic nitrogens is 4. The van der Waals surface area contributed by atoms with Crippen molar-refractivity contribution in [2.24, 2.45) is 0 Å². The first-order valence-electron chi connectivity index (χ1n) is 6.99. The lowest BCUT2D eigenvalue weighted by molar-refractivity contribution is 0.308. The van der Waals surface area contributed by atoms with Crippen molar-refractivity contribution in [3.8, 4) is 0 Å². The molecule has 0 aliphatic carbocycles. The van der Waals surface area contributed by atoms with E-state index in [0.29, 0.717) is 0 Å². The largest absolute Gasteiger partial charge is 0.341 e. The molecular formula is C15H18ClN5. The Morgan fingerprint density at radius 3 is 3.10 bits per heavy atom. The zero-order chi connectivity index (χ0) is 14.7. The summed E-state index contributed by atoms with van der Waals surface area (Å²) in [5.74, 6) is 0.970. The van der Waals surface area contributed by atoms with E-state index in [1.165, 1.54) is 0 Å². The Kier molecular flexibility index (Phi) is 4.22. The van der Waals surface area contributed by atoms with Gasteiger partial charge in [0.2, 0.25) is 0 Å². The number of aromatic amines is 1. The average Bonchev–Trinajstić information content (AvgIpc) is 3.07. The van der Waals surface area contributed by atoms with Crippen LogP contribution in [0.5, 0.6) is 0 Å². The molecule has 21 heavy (non-hydrogen) atoms. The van der Waals surface area contributed by atoms with E-state index in [1.807, 2.05) is 36.9 Å². The van der Waals surface area contributed by atoms with E-state index in [-0.39, 0.29) is 0 Å². The van der Waals surface area contributed by atoms with Crippen molar-refractivity contribution in [2.45, 2.75) is 19.5 Å². The highest BCUT2D eigenvalue weighted by Gasteiger charge is 2.06. The van der Waals surface area contributed by atoms with Crippen LogP contribution in [0.3, 0.4) is 0 Å². The predicted octanol–water partition coefficient (Wildman–Crippen LogP) is 2.93. The Labute approximate surface area is 128 Å². The number of hydrogen-bond donors (Lipinski definition) is 1. The molecule has 5 nitrogen and oxygen atoms in total. The van der Waals surface area contributed by atoms with Gasteiger partial charge in [0, 0.05) is 30.5 Å². The molecule has 2 aromatic heterocycles. The second-order valence-electron chi connectivity index (χ2n) is 5.24. The standard InChI is InChI=1S/C15H18ClN5/c1-20(6-2-7-21-8-5-17-11-21)10-15-18-13-4-3-12(16)9-14(13)19-15/h3-5,8-9,11H,2,6-7,10H2,1H3,(H,18,19). The average molecular weight is 304 g/mol. The zero-order valence-electron chi connectivity index (χ0n) is 12.0. The van der Waals surface area contributed by atoms with Crippen molar-refractivity contribution in [2.75, 3.05) is 13.6 Å². The van der Waals surface area contributed by atoms with Crippen LogP contribution in [0.4, 0.5) is 0 Å². The molecule has 6 heteroatoms. The molecule has 0 spiro atoms. The summed E-state index contributed by atoms with van der Waals surface area (Å²) < 4.78 is 2.09. The number of benzene rings is 1. The normalized spacial score (nSPS) is 11.6. The quantitative estimate of drug-likeness (QED) is 0.762.